The van der Waals surface area contributed by atoms with Gasteiger partial charge in [0, 0.05) is 0 Å². The van der Waals surface area contributed by atoms with Gasteiger partial charge in [0.2, 0.25) is 5.95 Å². The number of hydrogen-bond acceptors (Lipinski definition) is 12. The Kier molecular flexibility index (Phi) is 8.12. The third-order valence-electron chi connectivity index (χ3n) is 5.96. The molecule has 1 aliphatic rings. The first kappa shape index (κ1) is 28.7. The molecule has 0 unspecified atom stereocenters. The molecule has 15 nitrogen and oxygen atoms in total. The first-order valence-corrected chi connectivity index (χ1v) is 13.7. The predicted molar refractivity (Wildman–Crippen MR) is 140 cm³/mol. The molecule has 0 radical (unpaired) electrons. The molecule has 7 N–H and O–H groups in total. The van der Waals surface area contributed by atoms with E-state index in [9.17, 15) is 19.3 Å². The number of para-hydroxylation sites is 1. The molecule has 6 atom stereocenters. The summed E-state index contributed by atoms with van der Waals surface area (Å²) in [5, 5.41) is 13.6. The van der Waals surface area contributed by atoms with Crippen molar-refractivity contribution in [3.8, 4) is 5.75 Å². The summed E-state index contributed by atoms with van der Waals surface area (Å²) in [5.74, 6) is -0.585. The number of nitrogen functional groups attached to an aromatic ring is 1. The van der Waals surface area contributed by atoms with E-state index in [0.717, 1.165) is 0 Å². The number of fused-ring (bicyclic) bond motifs is 1. The summed E-state index contributed by atoms with van der Waals surface area (Å²) in [6.45, 7) is 5.91. The number of hydrogen-bond donors (Lipinski definition) is 5. The number of rotatable bonds is 10. The maximum absolute atomic E-state index is 13.8. The number of benzene rings is 1. The maximum Gasteiger partial charge on any atom is 0.459 e. The molecule has 0 saturated carbocycles. The number of anilines is 1. The van der Waals surface area contributed by atoms with E-state index in [1.54, 1.807) is 44.2 Å². The van der Waals surface area contributed by atoms with Crippen molar-refractivity contribution in [2.75, 3.05) is 12.3 Å². The van der Waals surface area contributed by atoms with E-state index in [1.807, 2.05) is 0 Å². The summed E-state index contributed by atoms with van der Waals surface area (Å²) in [7, 11) is -4.22. The van der Waals surface area contributed by atoms with E-state index < -0.39 is 62.0 Å². The van der Waals surface area contributed by atoms with Crippen molar-refractivity contribution < 1.29 is 33.0 Å². The van der Waals surface area contributed by atoms with Crippen LogP contribution in [0.25, 0.3) is 11.2 Å². The van der Waals surface area contributed by atoms with Crippen molar-refractivity contribution in [1.82, 2.24) is 24.6 Å². The maximum atomic E-state index is 13.8. The van der Waals surface area contributed by atoms with E-state index in [4.69, 9.17) is 30.0 Å². The van der Waals surface area contributed by atoms with Gasteiger partial charge in [0.25, 0.3) is 5.56 Å². The summed E-state index contributed by atoms with van der Waals surface area (Å²) in [6.07, 6.45) is -2.58. The molecule has 0 aliphatic carbocycles. The second-order valence-electron chi connectivity index (χ2n) is 9.65. The highest BCUT2D eigenvalue weighted by molar-refractivity contribution is 7.52. The number of ether oxygens (including phenoxy) is 2. The summed E-state index contributed by atoms with van der Waals surface area (Å²) in [4.78, 5) is 35.1. The zero-order valence-electron chi connectivity index (χ0n) is 21.8. The lowest BCUT2D eigenvalue weighted by Crippen LogP contribution is -2.52. The Labute approximate surface area is 223 Å². The molecule has 2 aromatic heterocycles. The van der Waals surface area contributed by atoms with Gasteiger partial charge in [-0.1, -0.05) is 18.2 Å². The molecule has 16 heteroatoms. The Morgan fingerprint density at radius 1 is 1.33 bits per heavy atom. The number of H-pyrrole nitrogens is 1. The first-order valence-electron chi connectivity index (χ1n) is 12.1. The topological polar surface area (TPSA) is 219 Å². The predicted octanol–water partition coefficient (Wildman–Crippen LogP) is 0.811. The highest BCUT2D eigenvalue weighted by Gasteiger charge is 2.53. The molecule has 3 heterocycles. The summed E-state index contributed by atoms with van der Waals surface area (Å²) in [5.41, 5.74) is 10.3. The van der Waals surface area contributed by atoms with Gasteiger partial charge in [-0.25, -0.2) is 9.55 Å². The number of nitrogens with one attached hydrogen (secondary N) is 2. The molecule has 1 aliphatic heterocycles. The van der Waals surface area contributed by atoms with Crippen LogP contribution < -0.4 is 26.6 Å². The average molecular weight is 566 g/mol. The number of esters is 1. The van der Waals surface area contributed by atoms with Crippen LogP contribution in [-0.4, -0.2) is 67.1 Å². The first-order chi connectivity index (χ1) is 18.3. The van der Waals surface area contributed by atoms with E-state index in [2.05, 4.69) is 20.0 Å². The van der Waals surface area contributed by atoms with Crippen LogP contribution >= 0.6 is 7.75 Å². The molecule has 39 heavy (non-hydrogen) atoms. The number of imidazole rings is 1. The molecule has 0 bridgehead atoms. The fraction of sp³-hybridized carbons (Fsp3) is 0.478. The Bertz CT molecular complexity index is 1430. The number of aromatic amines is 1. The smallest absolute Gasteiger partial charge is 0.459 e. The third-order valence-corrected chi connectivity index (χ3v) is 7.61. The molecule has 4 rings (SSSR count). The van der Waals surface area contributed by atoms with E-state index in [0.29, 0.717) is 0 Å². The Morgan fingerprint density at radius 2 is 2.03 bits per heavy atom. The molecule has 3 aromatic rings. The fourth-order valence-electron chi connectivity index (χ4n) is 4.05. The van der Waals surface area contributed by atoms with Gasteiger partial charge in [-0.3, -0.25) is 23.7 Å². The van der Waals surface area contributed by atoms with Crippen molar-refractivity contribution in [2.45, 2.75) is 63.8 Å². The van der Waals surface area contributed by atoms with Crippen LogP contribution in [0.5, 0.6) is 5.75 Å². The second kappa shape index (κ2) is 11.0. The second-order valence-corrected chi connectivity index (χ2v) is 11.3. The summed E-state index contributed by atoms with van der Waals surface area (Å²) in [6, 6.07) is 7.16. The number of carbonyl (C=O) groups is 1. The van der Waals surface area contributed by atoms with Gasteiger partial charge < -0.3 is 30.6 Å². The molecule has 212 valence electrons. The van der Waals surface area contributed by atoms with E-state index in [-0.39, 0.29) is 22.9 Å². The van der Waals surface area contributed by atoms with Crippen molar-refractivity contribution in [1.29, 1.82) is 0 Å². The van der Waals surface area contributed by atoms with E-state index in [1.165, 1.54) is 24.7 Å². The van der Waals surface area contributed by atoms with Gasteiger partial charge in [-0.15, -0.1) is 0 Å². The highest BCUT2D eigenvalue weighted by Crippen LogP contribution is 2.46. The largest absolute Gasteiger partial charge is 0.462 e. The standard InChI is InChI=1S/C23H32N7O8P/c1-12(2)36-20(33)13(3)29-39(34,38-14-8-6-5-7-9-14)35-10-15-17(31)23(4,25)21(37-15)30-11-26-16-18(30)27-22(24)28-19(16)32/h5-9,11-13,15,17,21,31H,10,25H2,1-4H3,(H,29,34)(H3,24,27,28,32)/t13-,15-,17-,21-,23-,39+/m1/s1. The minimum absolute atomic E-state index is 0.00465. The monoisotopic (exact) mass is 565 g/mol. The van der Waals surface area contributed by atoms with Gasteiger partial charge in [-0.05, 0) is 39.8 Å². The zero-order chi connectivity index (χ0) is 28.5. The lowest BCUT2D eigenvalue weighted by atomic mass is 9.93. The number of nitrogens with two attached hydrogens (primary N) is 2. The van der Waals surface area contributed by atoms with E-state index >= 15 is 0 Å². The zero-order valence-corrected chi connectivity index (χ0v) is 22.7. The van der Waals surface area contributed by atoms with Crippen LogP contribution in [0.15, 0.2) is 41.5 Å². The van der Waals surface area contributed by atoms with Crippen LogP contribution in [0.2, 0.25) is 0 Å². The molecule has 0 amide bonds. The van der Waals surface area contributed by atoms with Gasteiger partial charge in [-0.2, -0.15) is 10.1 Å². The quantitative estimate of drug-likeness (QED) is 0.170. The summed E-state index contributed by atoms with van der Waals surface area (Å²) < 4.78 is 37.6. The SMILES string of the molecule is CC(C)OC(=O)[C@@H](C)N[P@](=O)(OC[C@H]1O[C@@H](n2cnc3c(=O)[nH]c(N)nc32)[C@](C)(N)[C@@H]1O)Oc1ccccc1. The van der Waals surface area contributed by atoms with Crippen molar-refractivity contribution in [3.63, 3.8) is 0 Å². The number of aliphatic hydroxyl groups excluding tert-OH is 1. The fourth-order valence-corrected chi connectivity index (χ4v) is 5.55. The lowest BCUT2D eigenvalue weighted by molar-refractivity contribution is -0.149. The molecule has 1 aromatic carbocycles. The lowest BCUT2D eigenvalue weighted by Gasteiger charge is -2.28. The van der Waals surface area contributed by atoms with Crippen LogP contribution in [0.1, 0.15) is 33.9 Å². The van der Waals surface area contributed by atoms with Crippen LogP contribution in [0.4, 0.5) is 5.95 Å². The number of carbonyl (C=O) groups excluding carboxylic acids is 1. The van der Waals surface area contributed by atoms with Gasteiger partial charge in [0.05, 0.1) is 24.6 Å². The molecule has 0 spiro atoms. The van der Waals surface area contributed by atoms with Gasteiger partial charge >= 0.3 is 13.7 Å². The van der Waals surface area contributed by atoms with Crippen molar-refractivity contribution in [2.24, 2.45) is 5.73 Å². The highest BCUT2D eigenvalue weighted by atomic mass is 31.2. The van der Waals surface area contributed by atoms with Gasteiger partial charge in [0.15, 0.2) is 17.4 Å². The van der Waals surface area contributed by atoms with Gasteiger partial charge in [0.1, 0.15) is 24.0 Å². The summed E-state index contributed by atoms with van der Waals surface area (Å²) >= 11 is 0. The third kappa shape index (κ3) is 6.13. The van der Waals surface area contributed by atoms with Crippen LogP contribution in [-0.2, 0) is 23.4 Å². The minimum atomic E-state index is -4.22. The number of nitrogens with zero attached hydrogens (tertiary/aromatic N) is 3. The number of aromatic nitrogens is 4. The van der Waals surface area contributed by atoms with Crippen LogP contribution in [0.3, 0.4) is 0 Å². The Morgan fingerprint density at radius 3 is 2.69 bits per heavy atom. The average Bonchev–Trinajstić information content (AvgIpc) is 3.36. The van der Waals surface area contributed by atoms with Crippen molar-refractivity contribution >= 4 is 30.8 Å². The Hall–Kier alpha value is -3.33. The molecular weight excluding hydrogens is 533 g/mol. The normalized spacial score (nSPS) is 25.5. The molecule has 1 fully saturated rings. The number of aliphatic hydroxyl groups is 1. The molecule has 1 saturated heterocycles. The minimum Gasteiger partial charge on any atom is -0.462 e. The Balaban J connectivity index is 1.56. The van der Waals surface area contributed by atoms with Crippen LogP contribution in [0, 0.1) is 0 Å². The molecular formula is C23H32N7O8P. The van der Waals surface area contributed by atoms with Crippen molar-refractivity contribution in [3.05, 3.63) is 47.0 Å².